The zero-order chi connectivity index (χ0) is 37.5. The minimum absolute atomic E-state index is 0.404. The lowest BCUT2D eigenvalue weighted by molar-refractivity contribution is 0.620. The van der Waals surface area contributed by atoms with Crippen molar-refractivity contribution in [3.8, 4) is 56.9 Å². The zero-order valence-electron chi connectivity index (χ0n) is 29.8. The highest BCUT2D eigenvalue weighted by molar-refractivity contribution is 6.16. The van der Waals surface area contributed by atoms with Crippen LogP contribution in [0.25, 0.3) is 123 Å². The van der Waals surface area contributed by atoms with E-state index in [1.807, 2.05) is 121 Å². The van der Waals surface area contributed by atoms with E-state index in [9.17, 15) is 0 Å². The van der Waals surface area contributed by atoms with Crippen LogP contribution >= 0.6 is 0 Å². The van der Waals surface area contributed by atoms with E-state index in [0.29, 0.717) is 56.8 Å². The monoisotopic (exact) mass is 734 g/mol. The summed E-state index contributed by atoms with van der Waals surface area (Å²) in [4.78, 5) is 34.7. The molecule has 0 atom stereocenters. The van der Waals surface area contributed by atoms with Crippen molar-refractivity contribution in [1.29, 1.82) is 0 Å². The number of rotatable bonds is 5. The van der Waals surface area contributed by atoms with Crippen LogP contribution in [0, 0.1) is 0 Å². The molecule has 0 fully saturated rings. The van der Waals surface area contributed by atoms with Crippen LogP contribution in [0.3, 0.4) is 0 Å². The Kier molecular flexibility index (Phi) is 6.66. The van der Waals surface area contributed by atoms with E-state index < -0.39 is 0 Å². The summed E-state index contributed by atoms with van der Waals surface area (Å²) >= 11 is 0. The first kappa shape index (κ1) is 31.2. The molecular formula is C46H26N10O. The van der Waals surface area contributed by atoms with Gasteiger partial charge in [0.1, 0.15) is 28.2 Å². The second-order valence-corrected chi connectivity index (χ2v) is 13.8. The highest BCUT2D eigenvalue weighted by Gasteiger charge is 2.29. The van der Waals surface area contributed by atoms with Gasteiger partial charge in [-0.25, -0.2) is 24.9 Å². The maximum absolute atomic E-state index is 6.68. The lowest BCUT2D eigenvalue weighted by Gasteiger charge is -2.19. The van der Waals surface area contributed by atoms with Crippen LogP contribution < -0.4 is 0 Å². The van der Waals surface area contributed by atoms with Crippen molar-refractivity contribution in [2.45, 2.75) is 0 Å². The molecule has 0 spiro atoms. The number of H-pyrrole nitrogens is 2. The molecule has 0 saturated heterocycles. The maximum Gasteiger partial charge on any atom is 0.228 e. The minimum atomic E-state index is 0.404. The van der Waals surface area contributed by atoms with Crippen LogP contribution in [-0.2, 0) is 0 Å². The van der Waals surface area contributed by atoms with Crippen molar-refractivity contribution in [2.75, 3.05) is 0 Å². The molecule has 0 bridgehead atoms. The Morgan fingerprint density at radius 3 is 2.25 bits per heavy atom. The van der Waals surface area contributed by atoms with E-state index in [1.165, 1.54) is 0 Å². The van der Waals surface area contributed by atoms with Gasteiger partial charge in [0.05, 0.1) is 38.8 Å². The van der Waals surface area contributed by atoms with Gasteiger partial charge in [-0.15, -0.1) is 5.10 Å². The number of benzene rings is 6. The molecule has 12 rings (SSSR count). The summed E-state index contributed by atoms with van der Waals surface area (Å²) < 4.78 is 6.68. The molecule has 0 saturated carbocycles. The van der Waals surface area contributed by atoms with Crippen molar-refractivity contribution < 1.29 is 4.42 Å². The number of hydrogen-bond acceptors (Lipinski definition) is 9. The molecule has 0 unspecified atom stereocenters. The third-order valence-electron chi connectivity index (χ3n) is 10.5. The Bertz CT molecular complexity index is 3490. The molecular weight excluding hydrogens is 709 g/mol. The van der Waals surface area contributed by atoms with Crippen molar-refractivity contribution in [2.24, 2.45) is 0 Å². The van der Waals surface area contributed by atoms with Crippen molar-refractivity contribution >= 4 is 65.7 Å². The molecule has 12 aromatic rings. The average molecular weight is 735 g/mol. The van der Waals surface area contributed by atoms with E-state index in [0.717, 1.165) is 65.8 Å². The molecule has 6 aromatic heterocycles. The van der Waals surface area contributed by atoms with Gasteiger partial charge in [-0.2, -0.15) is 0 Å². The molecule has 57 heavy (non-hydrogen) atoms. The fourth-order valence-electron chi connectivity index (χ4n) is 7.89. The zero-order valence-corrected chi connectivity index (χ0v) is 29.8. The van der Waals surface area contributed by atoms with Gasteiger partial charge < -0.3 is 9.40 Å². The largest absolute Gasteiger partial charge is 0.436 e. The number of pyridine rings is 2. The first-order valence-electron chi connectivity index (χ1n) is 18.4. The average Bonchev–Trinajstić information content (AvgIpc) is 4.04. The second kappa shape index (κ2) is 12.2. The minimum Gasteiger partial charge on any atom is -0.436 e. The van der Waals surface area contributed by atoms with E-state index in [4.69, 9.17) is 34.3 Å². The number of nitrogens with zero attached hydrogens (tertiary/aromatic N) is 8. The predicted octanol–water partition coefficient (Wildman–Crippen LogP) is 10.3. The number of aromatic nitrogens is 10. The number of fused-ring (bicyclic) bond motifs is 6. The smallest absolute Gasteiger partial charge is 0.228 e. The molecule has 11 heteroatoms. The lowest BCUT2D eigenvalue weighted by Crippen LogP contribution is -2.03. The normalized spacial score (nSPS) is 11.9. The van der Waals surface area contributed by atoms with Crippen LogP contribution in [0.5, 0.6) is 0 Å². The number of para-hydroxylation sites is 5. The number of hydrogen-bond donors (Lipinski definition) is 2. The van der Waals surface area contributed by atoms with Gasteiger partial charge in [0.25, 0.3) is 0 Å². The topological polar surface area (TPSA) is 148 Å². The Labute approximate surface area is 322 Å². The molecule has 6 aromatic carbocycles. The van der Waals surface area contributed by atoms with E-state index in [2.05, 4.69) is 38.6 Å². The summed E-state index contributed by atoms with van der Waals surface area (Å²) in [6.45, 7) is 0. The summed E-state index contributed by atoms with van der Waals surface area (Å²) in [5, 5.41) is 15.6. The number of oxazole rings is 1. The molecule has 0 aliphatic carbocycles. The number of imidazole rings is 1. The fourth-order valence-corrected chi connectivity index (χ4v) is 7.89. The first-order chi connectivity index (χ1) is 28.2. The van der Waals surface area contributed by atoms with Crippen molar-refractivity contribution in [3.05, 3.63) is 146 Å². The Balaban J connectivity index is 1.30. The van der Waals surface area contributed by atoms with Gasteiger partial charge in [0.2, 0.25) is 5.89 Å². The summed E-state index contributed by atoms with van der Waals surface area (Å²) in [7, 11) is 0. The molecule has 6 heterocycles. The highest BCUT2D eigenvalue weighted by atomic mass is 16.3. The third-order valence-corrected chi connectivity index (χ3v) is 10.5. The molecule has 0 aliphatic rings. The fraction of sp³-hybridized carbons (Fsp3) is 0. The third kappa shape index (κ3) is 4.92. The van der Waals surface area contributed by atoms with E-state index >= 15 is 0 Å². The molecule has 0 aliphatic heterocycles. The summed E-state index contributed by atoms with van der Waals surface area (Å²) in [6.07, 6.45) is 1.80. The lowest BCUT2D eigenvalue weighted by atomic mass is 9.88. The molecule has 0 radical (unpaired) electrons. The summed E-state index contributed by atoms with van der Waals surface area (Å²) in [5.41, 5.74) is 10.9. The quantitative estimate of drug-likeness (QED) is 0.176. The first-order valence-corrected chi connectivity index (χ1v) is 18.4. The van der Waals surface area contributed by atoms with Crippen molar-refractivity contribution in [1.82, 2.24) is 50.3 Å². The SMILES string of the molecule is c1ccc2nc(-c3nc(-c4nccc5ccccc45)nc4cc(-c5nc6ccccc6[nH]5)c(-c5nc6ccccc6o5)c(-c5cccc6[nH]nnc56)c34)ccc2c1. The maximum atomic E-state index is 6.68. The molecule has 266 valence electrons. The number of nitrogens with one attached hydrogen (secondary N) is 2. The Hall–Kier alpha value is -8.18. The Morgan fingerprint density at radius 2 is 1.33 bits per heavy atom. The second-order valence-electron chi connectivity index (χ2n) is 13.8. The van der Waals surface area contributed by atoms with Gasteiger partial charge in [0.15, 0.2) is 11.4 Å². The van der Waals surface area contributed by atoms with E-state index in [-0.39, 0.29) is 0 Å². The van der Waals surface area contributed by atoms with Gasteiger partial charge in [-0.1, -0.05) is 90.1 Å². The highest BCUT2D eigenvalue weighted by Crippen LogP contribution is 2.48. The molecule has 0 amide bonds. The summed E-state index contributed by atoms with van der Waals surface area (Å²) in [6, 6.07) is 46.0. The van der Waals surface area contributed by atoms with Crippen LogP contribution in [0.4, 0.5) is 0 Å². The predicted molar refractivity (Wildman–Crippen MR) is 222 cm³/mol. The van der Waals surface area contributed by atoms with Crippen LogP contribution in [0.15, 0.2) is 150 Å². The van der Waals surface area contributed by atoms with Crippen LogP contribution in [0.1, 0.15) is 0 Å². The standard InChI is InChI=1S/C46H26N10O/c1-3-12-27-25(10-1)22-23-47-42(27)45-51-36-24-29(44-49-31-15-5-6-16-32(31)50-44)39(46-52-33-17-7-8-19-37(33)57-46)38(28-13-9-18-35-41(28)55-56-54-35)40(36)43(53-45)34-21-20-26-11-2-4-14-30(26)48-34/h1-24H,(H,49,50)(H,54,55,56). The molecule has 11 nitrogen and oxygen atoms in total. The van der Waals surface area contributed by atoms with Gasteiger partial charge >= 0.3 is 0 Å². The van der Waals surface area contributed by atoms with Crippen molar-refractivity contribution in [3.63, 3.8) is 0 Å². The number of aromatic amines is 2. The van der Waals surface area contributed by atoms with Gasteiger partial charge in [-0.05, 0) is 60.0 Å². The van der Waals surface area contributed by atoms with E-state index in [1.54, 1.807) is 6.20 Å². The molecule has 2 N–H and O–H groups in total. The van der Waals surface area contributed by atoms with Crippen LogP contribution in [-0.4, -0.2) is 50.3 Å². The van der Waals surface area contributed by atoms with Gasteiger partial charge in [-0.3, -0.25) is 10.1 Å². The van der Waals surface area contributed by atoms with Gasteiger partial charge in [0, 0.05) is 39.0 Å². The Morgan fingerprint density at radius 1 is 0.526 bits per heavy atom. The van der Waals surface area contributed by atoms with Crippen LogP contribution in [0.2, 0.25) is 0 Å². The summed E-state index contributed by atoms with van der Waals surface area (Å²) in [5.74, 6) is 1.49.